The SMILES string of the molecule is CC(C)(C)[Si](OC[C@H]1OC=C[C@@H]1OCc1ccccc1)(c1ccccc1)c1ccccc1. The van der Waals surface area contributed by atoms with Gasteiger partial charge >= 0.3 is 0 Å². The van der Waals surface area contributed by atoms with Crippen LogP contribution in [0.5, 0.6) is 0 Å². The van der Waals surface area contributed by atoms with Gasteiger partial charge in [0.25, 0.3) is 8.32 Å². The van der Waals surface area contributed by atoms with Crippen molar-refractivity contribution < 1.29 is 13.9 Å². The lowest BCUT2D eigenvalue weighted by Crippen LogP contribution is -2.67. The van der Waals surface area contributed by atoms with E-state index in [2.05, 4.69) is 93.6 Å². The summed E-state index contributed by atoms with van der Waals surface area (Å²) in [4.78, 5) is 0. The van der Waals surface area contributed by atoms with Crippen LogP contribution in [0.25, 0.3) is 0 Å². The van der Waals surface area contributed by atoms with E-state index in [-0.39, 0.29) is 17.2 Å². The molecule has 0 saturated heterocycles. The Morgan fingerprint density at radius 2 is 1.31 bits per heavy atom. The van der Waals surface area contributed by atoms with Crippen LogP contribution in [-0.4, -0.2) is 27.1 Å². The molecule has 166 valence electrons. The molecule has 4 rings (SSSR count). The second kappa shape index (κ2) is 9.86. The molecule has 0 N–H and O–H groups in total. The first kappa shape index (κ1) is 22.5. The largest absolute Gasteiger partial charge is 0.493 e. The van der Waals surface area contributed by atoms with Crippen molar-refractivity contribution >= 4 is 18.7 Å². The van der Waals surface area contributed by atoms with E-state index in [1.807, 2.05) is 24.3 Å². The highest BCUT2D eigenvalue weighted by molar-refractivity contribution is 6.99. The summed E-state index contributed by atoms with van der Waals surface area (Å²) in [5, 5.41) is 2.47. The fourth-order valence-electron chi connectivity index (χ4n) is 4.46. The Kier molecular flexibility index (Phi) is 6.94. The van der Waals surface area contributed by atoms with E-state index in [9.17, 15) is 0 Å². The van der Waals surface area contributed by atoms with Gasteiger partial charge in [-0.25, -0.2) is 0 Å². The first-order valence-corrected chi connectivity index (χ1v) is 13.1. The van der Waals surface area contributed by atoms with Gasteiger partial charge in [-0.3, -0.25) is 0 Å². The van der Waals surface area contributed by atoms with Crippen molar-refractivity contribution in [2.24, 2.45) is 0 Å². The van der Waals surface area contributed by atoms with E-state index in [0.717, 1.165) is 5.56 Å². The van der Waals surface area contributed by atoms with E-state index >= 15 is 0 Å². The zero-order valence-electron chi connectivity index (χ0n) is 19.1. The third-order valence-electron chi connectivity index (χ3n) is 6.05. The molecule has 3 aromatic carbocycles. The standard InChI is InChI=1S/C28H32O3Si/c1-28(2,3)32(24-15-9-5-10-16-24,25-17-11-6-12-18-25)31-22-27-26(19-20-29-27)30-21-23-13-7-4-8-14-23/h4-20,26-27H,21-22H2,1-3H3/t26-,27+/m0/s1. The average Bonchev–Trinajstić information content (AvgIpc) is 3.27. The molecule has 0 radical (unpaired) electrons. The van der Waals surface area contributed by atoms with Crippen LogP contribution < -0.4 is 10.4 Å². The number of hydrogen-bond donors (Lipinski definition) is 0. The predicted octanol–water partition coefficient (Wildman–Crippen LogP) is 5.06. The van der Waals surface area contributed by atoms with Crippen LogP contribution in [0.3, 0.4) is 0 Å². The number of hydrogen-bond acceptors (Lipinski definition) is 3. The summed E-state index contributed by atoms with van der Waals surface area (Å²) in [6.45, 7) is 7.89. The Labute approximate surface area is 192 Å². The molecule has 1 heterocycles. The lowest BCUT2D eigenvalue weighted by Gasteiger charge is -2.43. The Balaban J connectivity index is 1.58. The van der Waals surface area contributed by atoms with Crippen molar-refractivity contribution in [2.75, 3.05) is 6.61 Å². The molecule has 32 heavy (non-hydrogen) atoms. The Hall–Kier alpha value is -2.66. The third kappa shape index (κ3) is 4.73. The van der Waals surface area contributed by atoms with Crippen molar-refractivity contribution in [1.29, 1.82) is 0 Å². The first-order valence-electron chi connectivity index (χ1n) is 11.2. The Morgan fingerprint density at radius 3 is 1.84 bits per heavy atom. The van der Waals surface area contributed by atoms with Crippen molar-refractivity contribution in [1.82, 2.24) is 0 Å². The molecule has 1 aliphatic rings. The zero-order chi connectivity index (χ0) is 22.4. The summed E-state index contributed by atoms with van der Waals surface area (Å²) >= 11 is 0. The minimum atomic E-state index is -2.60. The first-order chi connectivity index (χ1) is 15.5. The van der Waals surface area contributed by atoms with Crippen molar-refractivity contribution in [3.8, 4) is 0 Å². The van der Waals surface area contributed by atoms with Crippen LogP contribution >= 0.6 is 0 Å². The minimum absolute atomic E-state index is 0.0673. The molecule has 0 unspecified atom stereocenters. The van der Waals surface area contributed by atoms with Gasteiger partial charge in [-0.05, 0) is 27.1 Å². The molecule has 0 saturated carbocycles. The summed E-state index contributed by atoms with van der Waals surface area (Å²) in [5.74, 6) is 0. The summed E-state index contributed by atoms with van der Waals surface area (Å²) in [6, 6.07) is 31.6. The van der Waals surface area contributed by atoms with Crippen LogP contribution in [-0.2, 0) is 20.5 Å². The summed E-state index contributed by atoms with van der Waals surface area (Å²) in [7, 11) is -2.60. The van der Waals surface area contributed by atoms with Gasteiger partial charge in [-0.1, -0.05) is 112 Å². The maximum absolute atomic E-state index is 7.03. The zero-order valence-corrected chi connectivity index (χ0v) is 20.1. The number of benzene rings is 3. The molecular formula is C28H32O3Si. The van der Waals surface area contributed by atoms with Gasteiger partial charge in [0.15, 0.2) is 0 Å². The highest BCUT2D eigenvalue weighted by Gasteiger charge is 2.50. The van der Waals surface area contributed by atoms with Gasteiger partial charge < -0.3 is 13.9 Å². The molecule has 3 aromatic rings. The van der Waals surface area contributed by atoms with E-state index in [1.54, 1.807) is 6.26 Å². The molecule has 0 fully saturated rings. The van der Waals surface area contributed by atoms with Crippen LogP contribution in [0.15, 0.2) is 103 Å². The second-order valence-corrected chi connectivity index (χ2v) is 13.5. The summed E-state index contributed by atoms with van der Waals surface area (Å²) < 4.78 is 19.1. The molecule has 0 aliphatic carbocycles. The predicted molar refractivity (Wildman–Crippen MR) is 133 cm³/mol. The molecule has 0 amide bonds. The summed E-state index contributed by atoms with van der Waals surface area (Å²) in [5.41, 5.74) is 1.15. The Bertz CT molecular complexity index is 958. The molecule has 0 aromatic heterocycles. The van der Waals surface area contributed by atoms with E-state index in [0.29, 0.717) is 13.2 Å². The van der Waals surface area contributed by atoms with E-state index in [1.165, 1.54) is 10.4 Å². The fraction of sp³-hybridized carbons (Fsp3) is 0.286. The fourth-order valence-corrected chi connectivity index (χ4v) is 9.03. The highest BCUT2D eigenvalue weighted by Crippen LogP contribution is 2.37. The van der Waals surface area contributed by atoms with Gasteiger partial charge in [0, 0.05) is 0 Å². The van der Waals surface area contributed by atoms with Crippen LogP contribution in [0.4, 0.5) is 0 Å². The lowest BCUT2D eigenvalue weighted by molar-refractivity contribution is -0.0244. The quantitative estimate of drug-likeness (QED) is 0.455. The smallest absolute Gasteiger partial charge is 0.261 e. The maximum atomic E-state index is 7.03. The van der Waals surface area contributed by atoms with Gasteiger partial charge in [0.1, 0.15) is 12.2 Å². The topological polar surface area (TPSA) is 27.7 Å². The molecule has 1 aliphatic heterocycles. The molecule has 0 bridgehead atoms. The molecule has 3 nitrogen and oxygen atoms in total. The molecule has 4 heteroatoms. The van der Waals surface area contributed by atoms with E-state index in [4.69, 9.17) is 13.9 Å². The maximum Gasteiger partial charge on any atom is 0.261 e. The van der Waals surface area contributed by atoms with E-state index < -0.39 is 8.32 Å². The Morgan fingerprint density at radius 1 is 0.781 bits per heavy atom. The van der Waals surface area contributed by atoms with Crippen LogP contribution in [0, 0.1) is 0 Å². The van der Waals surface area contributed by atoms with Gasteiger partial charge in [-0.2, -0.15) is 0 Å². The van der Waals surface area contributed by atoms with Crippen molar-refractivity contribution in [3.05, 3.63) is 109 Å². The second-order valence-electron chi connectivity index (χ2n) is 9.24. The molecule has 0 spiro atoms. The number of ether oxygens (including phenoxy) is 2. The average molecular weight is 445 g/mol. The van der Waals surface area contributed by atoms with Crippen LogP contribution in [0.2, 0.25) is 5.04 Å². The summed E-state index contributed by atoms with van der Waals surface area (Å²) in [6.07, 6.45) is 3.44. The monoisotopic (exact) mass is 444 g/mol. The molecular weight excluding hydrogens is 412 g/mol. The van der Waals surface area contributed by atoms with Crippen molar-refractivity contribution in [3.63, 3.8) is 0 Å². The minimum Gasteiger partial charge on any atom is -0.493 e. The third-order valence-corrected chi connectivity index (χ3v) is 11.1. The highest BCUT2D eigenvalue weighted by atomic mass is 28.4. The van der Waals surface area contributed by atoms with Gasteiger partial charge in [0.05, 0.1) is 19.5 Å². The number of rotatable bonds is 8. The normalized spacial score (nSPS) is 18.5. The van der Waals surface area contributed by atoms with Crippen molar-refractivity contribution in [2.45, 2.75) is 44.6 Å². The lowest BCUT2D eigenvalue weighted by atomic mass is 10.2. The van der Waals surface area contributed by atoms with Crippen LogP contribution in [0.1, 0.15) is 26.3 Å². The van der Waals surface area contributed by atoms with Gasteiger partial charge in [0.2, 0.25) is 0 Å². The van der Waals surface area contributed by atoms with Gasteiger partial charge in [-0.15, -0.1) is 0 Å². The molecule has 2 atom stereocenters.